The number of hydrogen-bond acceptors (Lipinski definition) is 5. The minimum Gasteiger partial charge on any atom is -0.469 e. The molecule has 6 heteroatoms. The van der Waals surface area contributed by atoms with Crippen molar-refractivity contribution in [2.75, 3.05) is 0 Å². The van der Waals surface area contributed by atoms with Crippen LogP contribution in [0.25, 0.3) is 22.3 Å². The summed E-state index contributed by atoms with van der Waals surface area (Å²) in [5.41, 5.74) is 2.98. The van der Waals surface area contributed by atoms with Crippen LogP contribution in [0.2, 0.25) is 0 Å². The molecule has 4 aromatic rings. The first-order valence-corrected chi connectivity index (χ1v) is 9.31. The standard InChI is InChI=1S/C20H18N4OS/c1-3-11-24-19(17-10-12-25-14(17)2)22-23-20(24)26-13-16-9-8-15-6-4-5-7-18(15)21-16/h3-10,12H,1,11,13H2,2H3. The lowest BCUT2D eigenvalue weighted by Crippen LogP contribution is -2.01. The number of pyridine rings is 1. The van der Waals surface area contributed by atoms with Crippen molar-refractivity contribution in [3.8, 4) is 11.4 Å². The third-order valence-electron chi connectivity index (χ3n) is 4.13. The fraction of sp³-hybridized carbons (Fsp3) is 0.150. The topological polar surface area (TPSA) is 56.7 Å². The van der Waals surface area contributed by atoms with Crippen molar-refractivity contribution < 1.29 is 4.42 Å². The van der Waals surface area contributed by atoms with Crippen molar-refractivity contribution in [1.82, 2.24) is 19.7 Å². The first-order chi connectivity index (χ1) is 12.8. The number of aromatic nitrogens is 4. The first kappa shape index (κ1) is 16.6. The first-order valence-electron chi connectivity index (χ1n) is 8.32. The van der Waals surface area contributed by atoms with Gasteiger partial charge in [0.05, 0.1) is 23.0 Å². The molecule has 0 amide bonds. The molecule has 0 aliphatic carbocycles. The molecule has 0 atom stereocenters. The Morgan fingerprint density at radius 3 is 2.85 bits per heavy atom. The van der Waals surface area contributed by atoms with E-state index >= 15 is 0 Å². The fourth-order valence-electron chi connectivity index (χ4n) is 2.83. The van der Waals surface area contributed by atoms with Gasteiger partial charge in [0.2, 0.25) is 0 Å². The van der Waals surface area contributed by atoms with Gasteiger partial charge in [-0.3, -0.25) is 9.55 Å². The Hall–Kier alpha value is -2.86. The largest absolute Gasteiger partial charge is 0.469 e. The molecule has 3 aromatic heterocycles. The number of furan rings is 1. The van der Waals surface area contributed by atoms with E-state index in [1.165, 1.54) is 0 Å². The molecule has 3 heterocycles. The van der Waals surface area contributed by atoms with Gasteiger partial charge in [-0.05, 0) is 25.1 Å². The van der Waals surface area contributed by atoms with E-state index in [0.29, 0.717) is 6.54 Å². The van der Waals surface area contributed by atoms with E-state index in [0.717, 1.165) is 44.7 Å². The zero-order valence-electron chi connectivity index (χ0n) is 14.4. The lowest BCUT2D eigenvalue weighted by atomic mass is 10.2. The average Bonchev–Trinajstić information content (AvgIpc) is 3.26. The summed E-state index contributed by atoms with van der Waals surface area (Å²) in [6.07, 6.45) is 3.52. The quantitative estimate of drug-likeness (QED) is 0.362. The Bertz CT molecular complexity index is 1070. The minimum atomic E-state index is 0.639. The second kappa shape index (κ2) is 7.17. The highest BCUT2D eigenvalue weighted by molar-refractivity contribution is 7.98. The molecule has 5 nitrogen and oxygen atoms in total. The van der Waals surface area contributed by atoms with Crippen molar-refractivity contribution >= 4 is 22.7 Å². The molecular formula is C20H18N4OS. The number of allylic oxidation sites excluding steroid dienone is 1. The van der Waals surface area contributed by atoms with E-state index in [1.54, 1.807) is 18.0 Å². The molecule has 0 saturated heterocycles. The second-order valence-electron chi connectivity index (χ2n) is 5.88. The molecule has 4 rings (SSSR count). The third kappa shape index (κ3) is 3.15. The summed E-state index contributed by atoms with van der Waals surface area (Å²) in [5, 5.41) is 10.7. The molecule has 1 aromatic carbocycles. The zero-order valence-corrected chi connectivity index (χ0v) is 15.2. The van der Waals surface area contributed by atoms with E-state index in [4.69, 9.17) is 9.40 Å². The summed E-state index contributed by atoms with van der Waals surface area (Å²) in [4.78, 5) is 4.72. The van der Waals surface area contributed by atoms with Gasteiger partial charge in [0.25, 0.3) is 0 Å². The monoisotopic (exact) mass is 362 g/mol. The molecule has 0 aliphatic heterocycles. The van der Waals surface area contributed by atoms with Crippen LogP contribution in [-0.4, -0.2) is 19.7 Å². The Morgan fingerprint density at radius 2 is 2.04 bits per heavy atom. The highest BCUT2D eigenvalue weighted by Crippen LogP contribution is 2.28. The van der Waals surface area contributed by atoms with Crippen LogP contribution in [0.1, 0.15) is 11.5 Å². The number of benzene rings is 1. The van der Waals surface area contributed by atoms with E-state index < -0.39 is 0 Å². The summed E-state index contributed by atoms with van der Waals surface area (Å²) in [6.45, 7) is 6.42. The molecule has 0 radical (unpaired) electrons. The van der Waals surface area contributed by atoms with Gasteiger partial charge in [-0.15, -0.1) is 16.8 Å². The summed E-state index contributed by atoms with van der Waals surface area (Å²) < 4.78 is 7.46. The van der Waals surface area contributed by atoms with Crippen LogP contribution in [0.5, 0.6) is 0 Å². The predicted molar refractivity (Wildman–Crippen MR) is 104 cm³/mol. The van der Waals surface area contributed by atoms with Crippen molar-refractivity contribution in [1.29, 1.82) is 0 Å². The zero-order chi connectivity index (χ0) is 17.9. The van der Waals surface area contributed by atoms with E-state index in [-0.39, 0.29) is 0 Å². The lowest BCUT2D eigenvalue weighted by molar-refractivity contribution is 0.534. The fourth-order valence-corrected chi connectivity index (χ4v) is 3.69. The molecule has 0 N–H and O–H groups in total. The van der Waals surface area contributed by atoms with Gasteiger partial charge in [-0.2, -0.15) is 0 Å². The molecule has 0 bridgehead atoms. The lowest BCUT2D eigenvalue weighted by Gasteiger charge is -2.07. The van der Waals surface area contributed by atoms with Crippen LogP contribution in [-0.2, 0) is 12.3 Å². The van der Waals surface area contributed by atoms with E-state index in [9.17, 15) is 0 Å². The summed E-state index contributed by atoms with van der Waals surface area (Å²) in [5.74, 6) is 2.35. The number of nitrogens with zero attached hydrogens (tertiary/aromatic N) is 4. The van der Waals surface area contributed by atoms with E-state index in [2.05, 4.69) is 39.5 Å². The van der Waals surface area contributed by atoms with Gasteiger partial charge < -0.3 is 4.42 Å². The summed E-state index contributed by atoms with van der Waals surface area (Å²) in [7, 11) is 0. The molecular weight excluding hydrogens is 344 g/mol. The Kier molecular flexibility index (Phi) is 4.58. The van der Waals surface area contributed by atoms with Crippen LogP contribution in [0.15, 0.2) is 71.0 Å². The van der Waals surface area contributed by atoms with Crippen LogP contribution in [0.3, 0.4) is 0 Å². The second-order valence-corrected chi connectivity index (χ2v) is 6.82. The van der Waals surface area contributed by atoms with Gasteiger partial charge in [0.1, 0.15) is 5.76 Å². The highest BCUT2D eigenvalue weighted by atomic mass is 32.2. The average molecular weight is 362 g/mol. The third-order valence-corrected chi connectivity index (χ3v) is 5.13. The summed E-state index contributed by atoms with van der Waals surface area (Å²) in [6, 6.07) is 14.2. The summed E-state index contributed by atoms with van der Waals surface area (Å²) >= 11 is 1.62. The highest BCUT2D eigenvalue weighted by Gasteiger charge is 2.16. The van der Waals surface area contributed by atoms with Crippen LogP contribution in [0, 0.1) is 6.92 Å². The Labute approximate surface area is 155 Å². The Balaban J connectivity index is 1.60. The number of fused-ring (bicyclic) bond motifs is 1. The van der Waals surface area contributed by atoms with Crippen LogP contribution in [0.4, 0.5) is 0 Å². The molecule has 0 spiro atoms. The molecule has 0 fully saturated rings. The number of rotatable bonds is 6. The molecule has 26 heavy (non-hydrogen) atoms. The molecule has 0 saturated carbocycles. The SMILES string of the molecule is C=CCn1c(SCc2ccc3ccccc3n2)nnc1-c1ccoc1C. The molecule has 0 unspecified atom stereocenters. The van der Waals surface area contributed by atoms with Gasteiger partial charge in [0.15, 0.2) is 11.0 Å². The maximum Gasteiger partial charge on any atom is 0.192 e. The van der Waals surface area contributed by atoms with Crippen LogP contribution < -0.4 is 0 Å². The number of hydrogen-bond donors (Lipinski definition) is 0. The number of thioether (sulfide) groups is 1. The van der Waals surface area contributed by atoms with Gasteiger partial charge in [-0.25, -0.2) is 0 Å². The van der Waals surface area contributed by atoms with Gasteiger partial charge in [0, 0.05) is 17.7 Å². The van der Waals surface area contributed by atoms with E-state index in [1.807, 2.05) is 37.3 Å². The maximum absolute atomic E-state index is 5.41. The normalized spacial score (nSPS) is 11.1. The smallest absolute Gasteiger partial charge is 0.192 e. The predicted octanol–water partition coefficient (Wildman–Crippen LogP) is 4.87. The molecule has 0 aliphatic rings. The molecule has 130 valence electrons. The van der Waals surface area contributed by atoms with Crippen molar-refractivity contribution in [3.05, 3.63) is 72.8 Å². The number of para-hydroxylation sites is 1. The van der Waals surface area contributed by atoms with Crippen molar-refractivity contribution in [2.24, 2.45) is 0 Å². The van der Waals surface area contributed by atoms with Crippen LogP contribution >= 0.6 is 11.8 Å². The number of aryl methyl sites for hydroxylation is 1. The minimum absolute atomic E-state index is 0.639. The maximum atomic E-state index is 5.41. The Morgan fingerprint density at radius 1 is 1.15 bits per heavy atom. The van der Waals surface area contributed by atoms with Crippen molar-refractivity contribution in [3.63, 3.8) is 0 Å². The van der Waals surface area contributed by atoms with Gasteiger partial charge >= 0.3 is 0 Å². The van der Waals surface area contributed by atoms with Crippen molar-refractivity contribution in [2.45, 2.75) is 24.4 Å². The van der Waals surface area contributed by atoms with Gasteiger partial charge in [-0.1, -0.05) is 42.1 Å².